The van der Waals surface area contributed by atoms with Gasteiger partial charge in [0.25, 0.3) is 0 Å². The molecule has 1 heterocycles. The molecule has 0 amide bonds. The van der Waals surface area contributed by atoms with Crippen molar-refractivity contribution in [3.05, 3.63) is 16.3 Å². The molecule has 0 radical (unpaired) electrons. The average Bonchev–Trinajstić information content (AvgIpc) is 2.63. The van der Waals surface area contributed by atoms with E-state index in [1.165, 1.54) is 4.88 Å². The first-order valence-electron chi connectivity index (χ1n) is 5.48. The SMILES string of the molecule is COc1ccsc1CNCCSC(C)(C)C. The molecule has 0 spiro atoms. The van der Waals surface area contributed by atoms with Crippen LogP contribution >= 0.6 is 23.1 Å². The Morgan fingerprint density at radius 2 is 2.19 bits per heavy atom. The number of hydrogen-bond donors (Lipinski definition) is 1. The van der Waals surface area contributed by atoms with Crippen molar-refractivity contribution in [3.63, 3.8) is 0 Å². The maximum Gasteiger partial charge on any atom is 0.134 e. The van der Waals surface area contributed by atoms with E-state index in [2.05, 4.69) is 31.5 Å². The molecule has 0 aromatic carbocycles. The smallest absolute Gasteiger partial charge is 0.134 e. The van der Waals surface area contributed by atoms with Gasteiger partial charge in [-0.3, -0.25) is 0 Å². The van der Waals surface area contributed by atoms with Gasteiger partial charge < -0.3 is 10.1 Å². The molecule has 0 saturated heterocycles. The van der Waals surface area contributed by atoms with E-state index in [4.69, 9.17) is 4.74 Å². The van der Waals surface area contributed by atoms with Crippen molar-refractivity contribution in [3.8, 4) is 5.75 Å². The fourth-order valence-electron chi connectivity index (χ4n) is 1.27. The number of nitrogens with one attached hydrogen (secondary N) is 1. The van der Waals surface area contributed by atoms with Crippen molar-refractivity contribution >= 4 is 23.1 Å². The second kappa shape index (κ2) is 6.52. The summed E-state index contributed by atoms with van der Waals surface area (Å²) < 4.78 is 5.63. The topological polar surface area (TPSA) is 21.3 Å². The van der Waals surface area contributed by atoms with Gasteiger partial charge in [0.1, 0.15) is 5.75 Å². The van der Waals surface area contributed by atoms with Crippen LogP contribution in [0.3, 0.4) is 0 Å². The zero-order chi connectivity index (χ0) is 12.0. The van der Waals surface area contributed by atoms with E-state index in [-0.39, 0.29) is 0 Å². The molecule has 1 rings (SSSR count). The summed E-state index contributed by atoms with van der Waals surface area (Å²) in [6, 6.07) is 2.02. The molecular formula is C12H21NOS2. The predicted molar refractivity (Wildman–Crippen MR) is 74.8 cm³/mol. The van der Waals surface area contributed by atoms with Gasteiger partial charge in [0.05, 0.1) is 12.0 Å². The second-order valence-corrected chi connectivity index (χ2v) is 7.47. The van der Waals surface area contributed by atoms with Gasteiger partial charge in [-0.15, -0.1) is 11.3 Å². The Hall–Kier alpha value is -0.190. The molecule has 0 aliphatic heterocycles. The number of thiophene rings is 1. The van der Waals surface area contributed by atoms with Crippen molar-refractivity contribution in [1.29, 1.82) is 0 Å². The summed E-state index contributed by atoms with van der Waals surface area (Å²) in [5.74, 6) is 2.15. The van der Waals surface area contributed by atoms with Gasteiger partial charge >= 0.3 is 0 Å². The molecule has 0 aliphatic carbocycles. The van der Waals surface area contributed by atoms with Crippen molar-refractivity contribution in [1.82, 2.24) is 5.32 Å². The minimum atomic E-state index is 0.363. The lowest BCUT2D eigenvalue weighted by molar-refractivity contribution is 0.411. The van der Waals surface area contributed by atoms with E-state index in [0.29, 0.717) is 4.75 Å². The van der Waals surface area contributed by atoms with Crippen molar-refractivity contribution < 1.29 is 4.74 Å². The van der Waals surface area contributed by atoms with Gasteiger partial charge in [-0.25, -0.2) is 0 Å². The second-order valence-electron chi connectivity index (χ2n) is 4.55. The molecule has 4 heteroatoms. The lowest BCUT2D eigenvalue weighted by Crippen LogP contribution is -2.19. The van der Waals surface area contributed by atoms with Gasteiger partial charge in [-0.05, 0) is 11.4 Å². The van der Waals surface area contributed by atoms with Crippen LogP contribution in [0.2, 0.25) is 0 Å². The maximum atomic E-state index is 5.26. The number of methoxy groups -OCH3 is 1. The van der Waals surface area contributed by atoms with Crippen LogP contribution in [-0.2, 0) is 6.54 Å². The Kier molecular flexibility index (Phi) is 5.66. The molecule has 0 fully saturated rings. The van der Waals surface area contributed by atoms with Crippen LogP contribution in [0.5, 0.6) is 5.75 Å². The summed E-state index contributed by atoms with van der Waals surface area (Å²) in [4.78, 5) is 1.28. The molecule has 1 aromatic heterocycles. The van der Waals surface area contributed by atoms with E-state index in [1.807, 2.05) is 17.8 Å². The fourth-order valence-corrected chi connectivity index (χ4v) is 2.94. The highest BCUT2D eigenvalue weighted by molar-refractivity contribution is 8.00. The Labute approximate surface area is 107 Å². The third-order valence-corrected chi connectivity index (χ3v) is 4.20. The Bertz CT molecular complexity index is 304. The molecule has 2 nitrogen and oxygen atoms in total. The fraction of sp³-hybridized carbons (Fsp3) is 0.667. The Morgan fingerprint density at radius 3 is 2.81 bits per heavy atom. The largest absolute Gasteiger partial charge is 0.496 e. The number of thioether (sulfide) groups is 1. The predicted octanol–water partition coefficient (Wildman–Crippen LogP) is 3.38. The van der Waals surface area contributed by atoms with Gasteiger partial charge in [-0.1, -0.05) is 20.8 Å². The Balaban J connectivity index is 2.16. The van der Waals surface area contributed by atoms with Crippen LogP contribution in [0, 0.1) is 0 Å². The maximum absolute atomic E-state index is 5.26. The van der Waals surface area contributed by atoms with Crippen LogP contribution in [0.15, 0.2) is 11.4 Å². The number of rotatable bonds is 6. The van der Waals surface area contributed by atoms with Crippen molar-refractivity contribution in [2.24, 2.45) is 0 Å². The van der Waals surface area contributed by atoms with E-state index in [9.17, 15) is 0 Å². The first-order valence-corrected chi connectivity index (χ1v) is 7.34. The summed E-state index contributed by atoms with van der Waals surface area (Å²) in [5.41, 5.74) is 0. The first kappa shape index (κ1) is 13.9. The normalized spacial score (nSPS) is 11.8. The molecular weight excluding hydrogens is 238 g/mol. The Morgan fingerprint density at radius 1 is 1.44 bits per heavy atom. The highest BCUT2D eigenvalue weighted by Gasteiger charge is 2.09. The van der Waals surface area contributed by atoms with Gasteiger partial charge in [-0.2, -0.15) is 11.8 Å². The van der Waals surface area contributed by atoms with Crippen LogP contribution in [0.1, 0.15) is 25.6 Å². The molecule has 0 saturated carbocycles. The molecule has 0 aliphatic rings. The van der Waals surface area contributed by atoms with Gasteiger partial charge in [0, 0.05) is 23.6 Å². The quantitative estimate of drug-likeness (QED) is 0.791. The highest BCUT2D eigenvalue weighted by Crippen LogP contribution is 2.24. The van der Waals surface area contributed by atoms with Crippen LogP contribution in [-0.4, -0.2) is 24.2 Å². The van der Waals surface area contributed by atoms with E-state index < -0.39 is 0 Å². The molecule has 0 atom stereocenters. The van der Waals surface area contributed by atoms with E-state index in [0.717, 1.165) is 24.6 Å². The number of ether oxygens (including phenoxy) is 1. The van der Waals surface area contributed by atoms with Crippen molar-refractivity contribution in [2.45, 2.75) is 32.1 Å². The summed E-state index contributed by atoms with van der Waals surface area (Å²) in [6.45, 7) is 8.70. The molecule has 1 aromatic rings. The van der Waals surface area contributed by atoms with Crippen molar-refractivity contribution in [2.75, 3.05) is 19.4 Å². The number of hydrogen-bond acceptors (Lipinski definition) is 4. The third-order valence-electron chi connectivity index (χ3n) is 2.02. The summed E-state index contributed by atoms with van der Waals surface area (Å²) in [6.07, 6.45) is 0. The standard InChI is InChI=1S/C12H21NOS2/c1-12(2,3)16-8-6-13-9-11-10(14-4)5-7-15-11/h5,7,13H,6,8-9H2,1-4H3. The zero-order valence-corrected chi connectivity index (χ0v) is 12.1. The minimum absolute atomic E-state index is 0.363. The first-order chi connectivity index (χ1) is 7.53. The molecule has 0 bridgehead atoms. The third kappa shape index (κ3) is 5.23. The minimum Gasteiger partial charge on any atom is -0.496 e. The van der Waals surface area contributed by atoms with Crippen LogP contribution in [0.4, 0.5) is 0 Å². The molecule has 0 unspecified atom stereocenters. The lowest BCUT2D eigenvalue weighted by Gasteiger charge is -2.17. The molecule has 92 valence electrons. The van der Waals surface area contributed by atoms with Gasteiger partial charge in [0.2, 0.25) is 0 Å². The van der Waals surface area contributed by atoms with E-state index >= 15 is 0 Å². The molecule has 16 heavy (non-hydrogen) atoms. The van der Waals surface area contributed by atoms with Crippen LogP contribution in [0.25, 0.3) is 0 Å². The highest BCUT2D eigenvalue weighted by atomic mass is 32.2. The summed E-state index contributed by atoms with van der Waals surface area (Å²) >= 11 is 3.73. The lowest BCUT2D eigenvalue weighted by atomic mass is 10.3. The van der Waals surface area contributed by atoms with E-state index in [1.54, 1.807) is 18.4 Å². The summed E-state index contributed by atoms with van der Waals surface area (Å²) in [5, 5.41) is 5.51. The average molecular weight is 259 g/mol. The zero-order valence-electron chi connectivity index (χ0n) is 10.5. The van der Waals surface area contributed by atoms with Gasteiger partial charge in [0.15, 0.2) is 0 Å². The molecule has 1 N–H and O–H groups in total. The van der Waals surface area contributed by atoms with Crippen LogP contribution < -0.4 is 10.1 Å². The summed E-state index contributed by atoms with van der Waals surface area (Å²) in [7, 11) is 1.72. The monoisotopic (exact) mass is 259 g/mol.